The van der Waals surface area contributed by atoms with E-state index in [-0.39, 0.29) is 0 Å². The second kappa shape index (κ2) is 3.71. The first-order valence-corrected chi connectivity index (χ1v) is 6.26. The third-order valence-electron chi connectivity index (χ3n) is 2.11. The van der Waals surface area contributed by atoms with Gasteiger partial charge in [0.15, 0.2) is 0 Å². The van der Waals surface area contributed by atoms with Gasteiger partial charge in [-0.25, -0.2) is 0 Å². The van der Waals surface area contributed by atoms with Crippen LogP contribution in [0.3, 0.4) is 0 Å². The van der Waals surface area contributed by atoms with Crippen molar-refractivity contribution in [3.8, 4) is 5.75 Å². The molecule has 2 rings (SSSR count). The average Bonchev–Trinajstić information content (AvgIpc) is 2.59. The van der Waals surface area contributed by atoms with Crippen molar-refractivity contribution in [3.63, 3.8) is 0 Å². The molecule has 74 valence electrons. The molecule has 0 saturated carbocycles. The van der Waals surface area contributed by atoms with E-state index in [1.54, 1.807) is 30.2 Å². The lowest BCUT2D eigenvalue weighted by molar-refractivity contribution is 0.411. The molecule has 0 bridgehead atoms. The van der Waals surface area contributed by atoms with Crippen LogP contribution < -0.4 is 10.5 Å². The van der Waals surface area contributed by atoms with Crippen molar-refractivity contribution in [1.29, 1.82) is 0 Å². The molecule has 1 aromatic heterocycles. The van der Waals surface area contributed by atoms with Crippen LogP contribution in [0.1, 0.15) is 0 Å². The molecule has 0 aliphatic heterocycles. The number of hydrogen-bond donors (Lipinski definition) is 1. The zero-order valence-corrected chi connectivity index (χ0v) is 9.67. The number of fused-ring (bicyclic) bond motifs is 1. The number of benzene rings is 1. The van der Waals surface area contributed by atoms with E-state index in [1.807, 2.05) is 11.6 Å². The maximum absolute atomic E-state index is 5.84. The number of rotatable bonds is 2. The Morgan fingerprint density at radius 1 is 1.43 bits per heavy atom. The molecule has 0 radical (unpaired) electrons. The summed E-state index contributed by atoms with van der Waals surface area (Å²) in [6, 6.07) is 4.10. The molecule has 4 heteroatoms. The molecular weight excluding hydrogens is 214 g/mol. The molecule has 2 N–H and O–H groups in total. The van der Waals surface area contributed by atoms with Gasteiger partial charge in [-0.1, -0.05) is 6.07 Å². The smallest absolute Gasteiger partial charge is 0.150 e. The third kappa shape index (κ3) is 1.35. The van der Waals surface area contributed by atoms with E-state index in [2.05, 4.69) is 12.1 Å². The van der Waals surface area contributed by atoms with Gasteiger partial charge in [0.2, 0.25) is 0 Å². The van der Waals surface area contributed by atoms with E-state index in [0.717, 1.165) is 26.4 Å². The van der Waals surface area contributed by atoms with Crippen molar-refractivity contribution in [1.82, 2.24) is 0 Å². The first-order valence-electron chi connectivity index (χ1n) is 4.15. The quantitative estimate of drug-likeness (QED) is 0.797. The highest BCUT2D eigenvalue weighted by atomic mass is 32.2. The minimum Gasteiger partial charge on any atom is -0.494 e. The van der Waals surface area contributed by atoms with Gasteiger partial charge in [0.1, 0.15) is 5.75 Å². The van der Waals surface area contributed by atoms with Crippen LogP contribution in [0.4, 0.5) is 5.69 Å². The minimum atomic E-state index is 0.830. The number of ether oxygens (including phenoxy) is 1. The highest BCUT2D eigenvalue weighted by Crippen LogP contribution is 2.40. The maximum atomic E-state index is 5.84. The van der Waals surface area contributed by atoms with Crippen LogP contribution in [-0.2, 0) is 0 Å². The molecule has 0 saturated heterocycles. The van der Waals surface area contributed by atoms with Gasteiger partial charge >= 0.3 is 0 Å². The van der Waals surface area contributed by atoms with Gasteiger partial charge in [0.25, 0.3) is 0 Å². The normalized spacial score (nSPS) is 10.7. The fourth-order valence-corrected chi connectivity index (χ4v) is 3.05. The summed E-state index contributed by atoms with van der Waals surface area (Å²) in [5, 5.41) is 3.04. The standard InChI is InChI=1S/C10H11NOS2/c1-12-9-8(13-2)4-3-6-7(11)5-14-10(6)9/h3-5H,11H2,1-2H3. The van der Waals surface area contributed by atoms with Gasteiger partial charge in [-0.15, -0.1) is 23.1 Å². The van der Waals surface area contributed by atoms with Crippen molar-refractivity contribution < 1.29 is 4.74 Å². The molecule has 2 nitrogen and oxygen atoms in total. The summed E-state index contributed by atoms with van der Waals surface area (Å²) in [5.74, 6) is 0.941. The SMILES string of the molecule is COc1c(SC)ccc2c(N)csc12. The van der Waals surface area contributed by atoms with E-state index in [1.165, 1.54) is 0 Å². The van der Waals surface area contributed by atoms with Gasteiger partial charge in [0.05, 0.1) is 22.4 Å². The van der Waals surface area contributed by atoms with Crippen LogP contribution in [0.5, 0.6) is 5.75 Å². The number of thioether (sulfide) groups is 1. The van der Waals surface area contributed by atoms with E-state index in [4.69, 9.17) is 10.5 Å². The summed E-state index contributed by atoms with van der Waals surface area (Å²) < 4.78 is 6.53. The predicted octanol–water partition coefficient (Wildman–Crippen LogP) is 3.21. The van der Waals surface area contributed by atoms with E-state index in [9.17, 15) is 0 Å². The number of methoxy groups -OCH3 is 1. The van der Waals surface area contributed by atoms with E-state index in [0.29, 0.717) is 0 Å². The fraction of sp³-hybridized carbons (Fsp3) is 0.200. The zero-order chi connectivity index (χ0) is 10.1. The summed E-state index contributed by atoms with van der Waals surface area (Å²) >= 11 is 3.32. The summed E-state index contributed by atoms with van der Waals surface area (Å²) in [4.78, 5) is 1.15. The van der Waals surface area contributed by atoms with Crippen LogP contribution in [0.2, 0.25) is 0 Å². The topological polar surface area (TPSA) is 35.2 Å². The summed E-state index contributed by atoms with van der Waals surface area (Å²) in [6.07, 6.45) is 2.04. The van der Waals surface area contributed by atoms with Crippen molar-refractivity contribution in [2.75, 3.05) is 19.1 Å². The van der Waals surface area contributed by atoms with Crippen LogP contribution in [0.15, 0.2) is 22.4 Å². The molecule has 0 aliphatic carbocycles. The largest absolute Gasteiger partial charge is 0.494 e. The molecule has 1 heterocycles. The maximum Gasteiger partial charge on any atom is 0.150 e. The first-order chi connectivity index (χ1) is 6.77. The second-order valence-corrected chi connectivity index (χ2v) is 4.60. The molecule has 0 atom stereocenters. The number of nitrogens with two attached hydrogens (primary N) is 1. The summed E-state index contributed by atoms with van der Waals surface area (Å²) in [7, 11) is 1.70. The number of hydrogen-bond acceptors (Lipinski definition) is 4. The van der Waals surface area contributed by atoms with Crippen LogP contribution in [0, 0.1) is 0 Å². The Morgan fingerprint density at radius 3 is 2.86 bits per heavy atom. The molecule has 0 spiro atoms. The van der Waals surface area contributed by atoms with Gasteiger partial charge in [-0.05, 0) is 12.3 Å². The van der Waals surface area contributed by atoms with Gasteiger partial charge in [-0.3, -0.25) is 0 Å². The van der Waals surface area contributed by atoms with Crippen LogP contribution in [-0.4, -0.2) is 13.4 Å². The second-order valence-electron chi connectivity index (χ2n) is 2.87. The first kappa shape index (κ1) is 9.68. The fourth-order valence-electron chi connectivity index (χ4n) is 1.43. The van der Waals surface area contributed by atoms with Crippen molar-refractivity contribution in [3.05, 3.63) is 17.5 Å². The molecule has 14 heavy (non-hydrogen) atoms. The van der Waals surface area contributed by atoms with E-state index < -0.39 is 0 Å². The van der Waals surface area contributed by atoms with Crippen LogP contribution >= 0.6 is 23.1 Å². The molecule has 0 fully saturated rings. The van der Waals surface area contributed by atoms with Crippen molar-refractivity contribution in [2.24, 2.45) is 0 Å². The average molecular weight is 225 g/mol. The minimum absolute atomic E-state index is 0.830. The summed E-state index contributed by atoms with van der Waals surface area (Å²) in [5.41, 5.74) is 6.67. The lowest BCUT2D eigenvalue weighted by Crippen LogP contribution is -1.87. The molecule has 1 aromatic carbocycles. The molecule has 0 amide bonds. The number of anilines is 1. The highest BCUT2D eigenvalue weighted by Gasteiger charge is 2.10. The monoisotopic (exact) mass is 225 g/mol. The summed E-state index contributed by atoms with van der Waals surface area (Å²) in [6.45, 7) is 0. The van der Waals surface area contributed by atoms with Gasteiger partial charge in [0, 0.05) is 10.8 Å². The Bertz CT molecular complexity index is 464. The Kier molecular flexibility index (Phi) is 2.56. The molecule has 0 unspecified atom stereocenters. The Balaban J connectivity index is 2.77. The Morgan fingerprint density at radius 2 is 2.21 bits per heavy atom. The lowest BCUT2D eigenvalue weighted by Gasteiger charge is -2.06. The Hall–Kier alpha value is -0.870. The highest BCUT2D eigenvalue weighted by molar-refractivity contribution is 7.98. The van der Waals surface area contributed by atoms with Gasteiger partial charge < -0.3 is 10.5 Å². The van der Waals surface area contributed by atoms with Crippen molar-refractivity contribution >= 4 is 38.9 Å². The molecule has 0 aliphatic rings. The number of thiophene rings is 1. The number of nitrogen functional groups attached to an aromatic ring is 1. The van der Waals surface area contributed by atoms with Gasteiger partial charge in [-0.2, -0.15) is 0 Å². The Labute approximate surface area is 91.1 Å². The zero-order valence-electron chi connectivity index (χ0n) is 8.03. The third-order valence-corrected chi connectivity index (χ3v) is 3.89. The predicted molar refractivity (Wildman–Crippen MR) is 64.6 cm³/mol. The molecule has 2 aromatic rings. The lowest BCUT2D eigenvalue weighted by atomic mass is 10.2. The van der Waals surface area contributed by atoms with Crippen molar-refractivity contribution in [2.45, 2.75) is 4.90 Å². The van der Waals surface area contributed by atoms with Crippen LogP contribution in [0.25, 0.3) is 10.1 Å². The van der Waals surface area contributed by atoms with E-state index >= 15 is 0 Å². The molecular formula is C10H11NOS2.